The number of carbonyl (C=O) groups excluding carboxylic acids is 1. The van der Waals surface area contributed by atoms with E-state index in [1.807, 2.05) is 0 Å². The zero-order chi connectivity index (χ0) is 18.7. The predicted octanol–water partition coefficient (Wildman–Crippen LogP) is 2.62. The highest BCUT2D eigenvalue weighted by Gasteiger charge is 2.31. The number of aliphatic carboxylic acids is 1. The average molecular weight is 360 g/mol. The Labute approximate surface area is 148 Å². The van der Waals surface area contributed by atoms with Gasteiger partial charge < -0.3 is 10.4 Å². The first-order valence-electron chi connectivity index (χ1n) is 8.63. The minimum absolute atomic E-state index is 0.0369. The van der Waals surface area contributed by atoms with Crippen molar-refractivity contribution >= 4 is 28.5 Å². The summed E-state index contributed by atoms with van der Waals surface area (Å²) in [5, 5.41) is 30.2. The van der Waals surface area contributed by atoms with Crippen LogP contribution in [0.2, 0.25) is 0 Å². The number of fused-ring (bicyclic) bond motifs is 1. The van der Waals surface area contributed by atoms with Crippen LogP contribution in [0.5, 0.6) is 0 Å². The molecular weight excluding hydrogens is 340 g/mol. The molecule has 1 amide bonds. The van der Waals surface area contributed by atoms with E-state index >= 15 is 0 Å². The second kappa shape index (κ2) is 7.51. The molecule has 1 aliphatic rings. The SMILES string of the molecule is O=C(NC1CCCCCCC1C(=O)O)c1n[nH]c2ccc([N+](=O)[O-])cc12. The molecule has 1 aliphatic carbocycles. The number of rotatable bonds is 4. The van der Waals surface area contributed by atoms with Crippen molar-refractivity contribution in [2.75, 3.05) is 0 Å². The standard InChI is InChI=1S/C17H20N4O5/c22-16(18-13-6-4-2-1-3-5-11(13)17(23)24)15-12-9-10(21(25)26)7-8-14(12)19-20-15/h7-9,11,13H,1-6H2,(H,18,22)(H,19,20)(H,23,24). The zero-order valence-corrected chi connectivity index (χ0v) is 14.1. The molecule has 1 saturated carbocycles. The first-order chi connectivity index (χ1) is 12.5. The number of amides is 1. The average Bonchev–Trinajstić information content (AvgIpc) is 3.00. The van der Waals surface area contributed by atoms with Crippen molar-refractivity contribution in [2.24, 2.45) is 5.92 Å². The molecule has 0 radical (unpaired) electrons. The number of carbonyl (C=O) groups is 2. The number of aromatic nitrogens is 2. The number of H-pyrrole nitrogens is 1. The van der Waals surface area contributed by atoms with Crippen molar-refractivity contribution in [3.8, 4) is 0 Å². The van der Waals surface area contributed by atoms with Crippen LogP contribution in [0.15, 0.2) is 18.2 Å². The number of hydrogen-bond acceptors (Lipinski definition) is 5. The summed E-state index contributed by atoms with van der Waals surface area (Å²) in [6, 6.07) is 3.64. The molecule has 0 spiro atoms. The fourth-order valence-corrected chi connectivity index (χ4v) is 3.48. The molecule has 2 aromatic rings. The monoisotopic (exact) mass is 360 g/mol. The summed E-state index contributed by atoms with van der Waals surface area (Å²) in [7, 11) is 0. The number of nitro groups is 1. The Kier molecular flexibility index (Phi) is 5.15. The van der Waals surface area contributed by atoms with E-state index in [0.717, 1.165) is 25.7 Å². The molecule has 2 unspecified atom stereocenters. The van der Waals surface area contributed by atoms with Gasteiger partial charge in [0, 0.05) is 23.6 Å². The van der Waals surface area contributed by atoms with Crippen molar-refractivity contribution in [3.63, 3.8) is 0 Å². The van der Waals surface area contributed by atoms with Crippen LogP contribution in [0.3, 0.4) is 0 Å². The molecule has 0 saturated heterocycles. The lowest BCUT2D eigenvalue weighted by Gasteiger charge is -2.27. The van der Waals surface area contributed by atoms with E-state index in [2.05, 4.69) is 15.5 Å². The fraction of sp³-hybridized carbons (Fsp3) is 0.471. The van der Waals surface area contributed by atoms with Gasteiger partial charge in [0.1, 0.15) is 0 Å². The number of nitrogens with one attached hydrogen (secondary N) is 2. The van der Waals surface area contributed by atoms with Gasteiger partial charge in [-0.25, -0.2) is 0 Å². The van der Waals surface area contributed by atoms with Gasteiger partial charge >= 0.3 is 5.97 Å². The van der Waals surface area contributed by atoms with Gasteiger partial charge in [0.05, 0.1) is 16.4 Å². The summed E-state index contributed by atoms with van der Waals surface area (Å²) in [6.07, 6.45) is 4.79. The molecule has 3 N–H and O–H groups in total. The highest BCUT2D eigenvalue weighted by atomic mass is 16.6. The van der Waals surface area contributed by atoms with E-state index in [-0.39, 0.29) is 11.4 Å². The third-order valence-electron chi connectivity index (χ3n) is 4.87. The Hall–Kier alpha value is -2.97. The van der Waals surface area contributed by atoms with Gasteiger partial charge in [-0.3, -0.25) is 24.8 Å². The second-order valence-electron chi connectivity index (χ2n) is 6.58. The molecule has 0 aliphatic heterocycles. The van der Waals surface area contributed by atoms with Crippen LogP contribution in [-0.2, 0) is 4.79 Å². The van der Waals surface area contributed by atoms with Crippen LogP contribution in [0.1, 0.15) is 49.0 Å². The van der Waals surface area contributed by atoms with Crippen LogP contribution >= 0.6 is 0 Å². The first-order valence-corrected chi connectivity index (χ1v) is 8.63. The summed E-state index contributed by atoms with van der Waals surface area (Å²) in [5.74, 6) is -2.08. The Morgan fingerprint density at radius 2 is 1.96 bits per heavy atom. The minimum Gasteiger partial charge on any atom is -0.481 e. The third kappa shape index (κ3) is 3.66. The number of hydrogen-bond donors (Lipinski definition) is 3. The van der Waals surface area contributed by atoms with Crippen LogP contribution in [0.4, 0.5) is 5.69 Å². The van der Waals surface area contributed by atoms with E-state index in [0.29, 0.717) is 23.7 Å². The molecule has 1 heterocycles. The molecule has 0 bridgehead atoms. The zero-order valence-electron chi connectivity index (χ0n) is 14.1. The summed E-state index contributed by atoms with van der Waals surface area (Å²) >= 11 is 0. The number of non-ortho nitro benzene ring substituents is 1. The number of carboxylic acid groups (broad SMARTS) is 1. The number of benzene rings is 1. The van der Waals surface area contributed by atoms with Crippen molar-refractivity contribution in [3.05, 3.63) is 34.0 Å². The van der Waals surface area contributed by atoms with E-state index < -0.39 is 28.8 Å². The quantitative estimate of drug-likeness (QED) is 0.566. The molecule has 138 valence electrons. The molecule has 1 aromatic heterocycles. The van der Waals surface area contributed by atoms with E-state index in [1.165, 1.54) is 18.2 Å². The first kappa shape index (κ1) is 17.8. The van der Waals surface area contributed by atoms with Gasteiger partial charge in [-0.15, -0.1) is 0 Å². The summed E-state index contributed by atoms with van der Waals surface area (Å²) in [6.45, 7) is 0. The van der Waals surface area contributed by atoms with E-state index in [9.17, 15) is 24.8 Å². The lowest BCUT2D eigenvalue weighted by atomic mass is 9.86. The lowest BCUT2D eigenvalue weighted by molar-refractivity contribution is -0.384. The van der Waals surface area contributed by atoms with Crippen LogP contribution in [-0.4, -0.2) is 38.1 Å². The maximum absolute atomic E-state index is 12.7. The highest BCUT2D eigenvalue weighted by Crippen LogP contribution is 2.25. The maximum Gasteiger partial charge on any atom is 0.308 e. The smallest absolute Gasteiger partial charge is 0.308 e. The maximum atomic E-state index is 12.7. The highest BCUT2D eigenvalue weighted by molar-refractivity contribution is 6.05. The van der Waals surface area contributed by atoms with Crippen molar-refractivity contribution in [1.29, 1.82) is 0 Å². The molecule has 2 atom stereocenters. The second-order valence-corrected chi connectivity index (χ2v) is 6.58. The van der Waals surface area contributed by atoms with Crippen molar-refractivity contribution in [1.82, 2.24) is 15.5 Å². The Balaban J connectivity index is 1.86. The fourth-order valence-electron chi connectivity index (χ4n) is 3.48. The van der Waals surface area contributed by atoms with Gasteiger partial charge in [-0.2, -0.15) is 5.10 Å². The molecule has 3 rings (SSSR count). The number of nitrogens with zero attached hydrogens (tertiary/aromatic N) is 2. The topological polar surface area (TPSA) is 138 Å². The van der Waals surface area contributed by atoms with Gasteiger partial charge in [-0.05, 0) is 18.9 Å². The Morgan fingerprint density at radius 1 is 1.23 bits per heavy atom. The van der Waals surface area contributed by atoms with Crippen molar-refractivity contribution < 1.29 is 19.6 Å². The largest absolute Gasteiger partial charge is 0.481 e. The van der Waals surface area contributed by atoms with E-state index in [1.54, 1.807) is 0 Å². The number of carboxylic acids is 1. The van der Waals surface area contributed by atoms with Gasteiger partial charge in [0.15, 0.2) is 5.69 Å². The molecular formula is C17H20N4O5. The summed E-state index contributed by atoms with van der Waals surface area (Å²) < 4.78 is 0. The van der Waals surface area contributed by atoms with Gasteiger partial charge in [-0.1, -0.05) is 25.7 Å². The van der Waals surface area contributed by atoms with E-state index in [4.69, 9.17) is 0 Å². The van der Waals surface area contributed by atoms with Crippen LogP contribution in [0, 0.1) is 16.0 Å². The van der Waals surface area contributed by atoms with Crippen LogP contribution in [0.25, 0.3) is 10.9 Å². The molecule has 9 nitrogen and oxygen atoms in total. The Bertz CT molecular complexity index is 847. The van der Waals surface area contributed by atoms with Crippen LogP contribution < -0.4 is 5.32 Å². The Morgan fingerprint density at radius 3 is 2.65 bits per heavy atom. The minimum atomic E-state index is -0.917. The number of nitro benzene ring substituents is 1. The molecule has 1 aromatic carbocycles. The molecule has 9 heteroatoms. The molecule has 26 heavy (non-hydrogen) atoms. The normalized spacial score (nSPS) is 20.9. The van der Waals surface area contributed by atoms with Gasteiger partial charge in [0.25, 0.3) is 11.6 Å². The lowest BCUT2D eigenvalue weighted by Crippen LogP contribution is -2.44. The summed E-state index contributed by atoms with van der Waals surface area (Å²) in [4.78, 5) is 34.7. The predicted molar refractivity (Wildman–Crippen MR) is 92.8 cm³/mol. The van der Waals surface area contributed by atoms with Crippen molar-refractivity contribution in [2.45, 2.75) is 44.6 Å². The van der Waals surface area contributed by atoms with Gasteiger partial charge in [0.2, 0.25) is 0 Å². The molecule has 1 fully saturated rings. The third-order valence-corrected chi connectivity index (χ3v) is 4.87. The number of aromatic amines is 1. The summed E-state index contributed by atoms with van der Waals surface area (Å²) in [5.41, 5.74) is 0.408.